The van der Waals surface area contributed by atoms with Crippen LogP contribution in [-0.2, 0) is 7.05 Å². The quantitative estimate of drug-likeness (QED) is 0.512. The minimum atomic E-state index is -0.419. The van der Waals surface area contributed by atoms with Gasteiger partial charge in [0.05, 0.1) is 11.7 Å². The van der Waals surface area contributed by atoms with Gasteiger partial charge in [-0.25, -0.2) is 4.68 Å². The van der Waals surface area contributed by atoms with E-state index in [1.807, 2.05) is 49.5 Å². The van der Waals surface area contributed by atoms with Crippen LogP contribution in [0.3, 0.4) is 0 Å². The standard InChI is InChI=1S/C22H21N7O2/c1-29-22(26-15-4-5-17-18(13-15)31-12-11-30-17)27-21(28-29)16-3-2-8-25-20(16)19(23)14-6-9-24-10-7-14/h2-10,13,19H,11-12,23H2,1H3,(H,26,27,28). The average molecular weight is 415 g/mol. The molecule has 9 nitrogen and oxygen atoms in total. The van der Waals surface area contributed by atoms with E-state index < -0.39 is 6.04 Å². The van der Waals surface area contributed by atoms with Gasteiger partial charge in [-0.3, -0.25) is 9.97 Å². The van der Waals surface area contributed by atoms with Crippen molar-refractivity contribution < 1.29 is 9.47 Å². The number of aryl methyl sites for hydroxylation is 1. The summed E-state index contributed by atoms with van der Waals surface area (Å²) in [7, 11) is 1.83. The molecule has 1 aliphatic heterocycles. The summed E-state index contributed by atoms with van der Waals surface area (Å²) in [6, 6.07) is 12.8. The summed E-state index contributed by atoms with van der Waals surface area (Å²) >= 11 is 0. The highest BCUT2D eigenvalue weighted by Crippen LogP contribution is 2.34. The van der Waals surface area contributed by atoms with E-state index in [9.17, 15) is 0 Å². The Labute approximate surface area is 178 Å². The zero-order valence-corrected chi connectivity index (χ0v) is 16.9. The predicted molar refractivity (Wildman–Crippen MR) is 115 cm³/mol. The van der Waals surface area contributed by atoms with Gasteiger partial charge < -0.3 is 20.5 Å². The van der Waals surface area contributed by atoms with E-state index in [0.29, 0.717) is 36.4 Å². The third-order valence-electron chi connectivity index (χ3n) is 5.00. The predicted octanol–water partition coefficient (Wildman–Crippen LogP) is 2.84. The van der Waals surface area contributed by atoms with Gasteiger partial charge in [0.1, 0.15) is 13.2 Å². The van der Waals surface area contributed by atoms with Gasteiger partial charge in [-0.15, -0.1) is 5.10 Å². The van der Waals surface area contributed by atoms with Crippen molar-refractivity contribution in [3.8, 4) is 22.9 Å². The first-order valence-electron chi connectivity index (χ1n) is 9.87. The summed E-state index contributed by atoms with van der Waals surface area (Å²) in [4.78, 5) is 13.3. The Morgan fingerprint density at radius 2 is 1.84 bits per heavy atom. The maximum absolute atomic E-state index is 6.49. The molecule has 9 heteroatoms. The second-order valence-corrected chi connectivity index (χ2v) is 7.06. The fourth-order valence-electron chi connectivity index (χ4n) is 3.44. The Hall–Kier alpha value is -3.98. The summed E-state index contributed by atoms with van der Waals surface area (Å²) in [6.45, 7) is 1.09. The lowest BCUT2D eigenvalue weighted by Gasteiger charge is -2.19. The van der Waals surface area contributed by atoms with Gasteiger partial charge in [0.15, 0.2) is 17.3 Å². The van der Waals surface area contributed by atoms with Gasteiger partial charge >= 0.3 is 0 Å². The molecule has 0 radical (unpaired) electrons. The van der Waals surface area contributed by atoms with Crippen LogP contribution in [0.25, 0.3) is 11.4 Å². The molecule has 3 N–H and O–H groups in total. The van der Waals surface area contributed by atoms with E-state index in [4.69, 9.17) is 15.2 Å². The summed E-state index contributed by atoms with van der Waals surface area (Å²) in [5, 5.41) is 7.87. The maximum Gasteiger partial charge on any atom is 0.225 e. The molecule has 156 valence electrons. The summed E-state index contributed by atoms with van der Waals surface area (Å²) < 4.78 is 12.9. The number of hydrogen-bond acceptors (Lipinski definition) is 8. The summed E-state index contributed by atoms with van der Waals surface area (Å²) in [5.74, 6) is 2.56. The third-order valence-corrected chi connectivity index (χ3v) is 5.00. The Bertz CT molecular complexity index is 1210. The zero-order chi connectivity index (χ0) is 21.2. The molecule has 4 heterocycles. The van der Waals surface area contributed by atoms with Crippen molar-refractivity contribution in [1.82, 2.24) is 24.7 Å². The first-order valence-corrected chi connectivity index (χ1v) is 9.87. The van der Waals surface area contributed by atoms with Crippen LogP contribution in [0, 0.1) is 0 Å². The van der Waals surface area contributed by atoms with Crippen LogP contribution in [-0.4, -0.2) is 37.9 Å². The number of nitrogens with one attached hydrogen (secondary N) is 1. The Balaban J connectivity index is 1.45. The number of rotatable bonds is 5. The number of nitrogens with zero attached hydrogens (tertiary/aromatic N) is 5. The van der Waals surface area contributed by atoms with Gasteiger partial charge in [-0.2, -0.15) is 4.98 Å². The number of anilines is 2. The lowest BCUT2D eigenvalue weighted by atomic mass is 10.0. The van der Waals surface area contributed by atoms with Gasteiger partial charge in [0.25, 0.3) is 0 Å². The van der Waals surface area contributed by atoms with Crippen LogP contribution in [0.2, 0.25) is 0 Å². The molecule has 1 unspecified atom stereocenters. The number of ether oxygens (including phenoxy) is 2. The number of benzene rings is 1. The molecule has 0 aliphatic carbocycles. The maximum atomic E-state index is 6.49. The lowest BCUT2D eigenvalue weighted by Crippen LogP contribution is -2.15. The lowest BCUT2D eigenvalue weighted by molar-refractivity contribution is 0.171. The number of aromatic nitrogens is 5. The first-order chi connectivity index (χ1) is 15.2. The van der Waals surface area contributed by atoms with Crippen molar-refractivity contribution in [2.24, 2.45) is 12.8 Å². The van der Waals surface area contributed by atoms with Crippen LogP contribution in [0.1, 0.15) is 17.3 Å². The molecule has 4 aromatic rings. The highest BCUT2D eigenvalue weighted by atomic mass is 16.6. The Morgan fingerprint density at radius 1 is 1.03 bits per heavy atom. The molecule has 0 saturated carbocycles. The van der Waals surface area contributed by atoms with E-state index >= 15 is 0 Å². The number of pyridine rings is 2. The van der Waals surface area contributed by atoms with Crippen molar-refractivity contribution in [2.75, 3.05) is 18.5 Å². The summed E-state index contributed by atoms with van der Waals surface area (Å²) in [5.41, 5.74) is 9.71. The summed E-state index contributed by atoms with van der Waals surface area (Å²) in [6.07, 6.45) is 5.15. The first kappa shape index (κ1) is 19.0. The monoisotopic (exact) mass is 415 g/mol. The molecule has 5 rings (SSSR count). The number of hydrogen-bond donors (Lipinski definition) is 2. The van der Waals surface area contributed by atoms with Gasteiger partial charge in [-0.05, 0) is 42.0 Å². The molecule has 0 bridgehead atoms. The molecule has 31 heavy (non-hydrogen) atoms. The second kappa shape index (κ2) is 8.04. The second-order valence-electron chi connectivity index (χ2n) is 7.06. The van der Waals surface area contributed by atoms with Crippen molar-refractivity contribution in [3.05, 3.63) is 72.3 Å². The molecule has 0 saturated heterocycles. The van der Waals surface area contributed by atoms with Crippen LogP contribution in [0.4, 0.5) is 11.6 Å². The fraction of sp³-hybridized carbons (Fsp3) is 0.182. The molecule has 1 aromatic carbocycles. The minimum absolute atomic E-state index is 0.419. The third kappa shape index (κ3) is 3.78. The topological polar surface area (TPSA) is 113 Å². The van der Waals surface area contributed by atoms with E-state index in [1.165, 1.54) is 0 Å². The van der Waals surface area contributed by atoms with Crippen LogP contribution < -0.4 is 20.5 Å². The van der Waals surface area contributed by atoms with Crippen LogP contribution in [0.5, 0.6) is 11.5 Å². The van der Waals surface area contributed by atoms with E-state index in [2.05, 4.69) is 25.4 Å². The van der Waals surface area contributed by atoms with Crippen molar-refractivity contribution in [2.45, 2.75) is 6.04 Å². The van der Waals surface area contributed by atoms with Gasteiger partial charge in [0.2, 0.25) is 5.95 Å². The molecule has 0 spiro atoms. The SMILES string of the molecule is Cn1nc(-c2cccnc2C(N)c2ccncc2)nc1Nc1ccc2c(c1)OCCO2. The number of nitrogens with two attached hydrogens (primary N) is 1. The van der Waals surface area contributed by atoms with Gasteiger partial charge in [0, 0.05) is 43.0 Å². The molecular formula is C22H21N7O2. The van der Waals surface area contributed by atoms with E-state index in [1.54, 1.807) is 23.3 Å². The zero-order valence-electron chi connectivity index (χ0n) is 16.9. The highest BCUT2D eigenvalue weighted by Gasteiger charge is 2.20. The smallest absolute Gasteiger partial charge is 0.225 e. The molecule has 1 atom stereocenters. The largest absolute Gasteiger partial charge is 0.486 e. The van der Waals surface area contributed by atoms with E-state index in [-0.39, 0.29) is 0 Å². The highest BCUT2D eigenvalue weighted by molar-refractivity contribution is 5.64. The normalized spacial score (nSPS) is 13.6. The van der Waals surface area contributed by atoms with Crippen molar-refractivity contribution in [1.29, 1.82) is 0 Å². The molecular weight excluding hydrogens is 394 g/mol. The number of fused-ring (bicyclic) bond motifs is 1. The van der Waals surface area contributed by atoms with E-state index in [0.717, 1.165) is 22.6 Å². The van der Waals surface area contributed by atoms with Crippen LogP contribution in [0.15, 0.2) is 61.1 Å². The Morgan fingerprint density at radius 3 is 2.68 bits per heavy atom. The Kier molecular flexibility index (Phi) is 4.93. The minimum Gasteiger partial charge on any atom is -0.486 e. The molecule has 3 aromatic heterocycles. The van der Waals surface area contributed by atoms with Crippen molar-refractivity contribution in [3.63, 3.8) is 0 Å². The van der Waals surface area contributed by atoms with Crippen molar-refractivity contribution >= 4 is 11.6 Å². The molecule has 0 amide bonds. The fourth-order valence-corrected chi connectivity index (χ4v) is 3.44. The molecule has 0 fully saturated rings. The van der Waals surface area contributed by atoms with Crippen LogP contribution >= 0.6 is 0 Å². The molecule has 1 aliphatic rings. The average Bonchev–Trinajstić information content (AvgIpc) is 3.19. The van der Waals surface area contributed by atoms with Gasteiger partial charge in [-0.1, -0.05) is 0 Å².